The molecule has 6 heteroatoms. The number of rotatable bonds is 7. The maximum Gasteiger partial charge on any atom is 0.408 e. The molecule has 2 rings (SSSR count). The molecule has 1 aromatic rings. The van der Waals surface area contributed by atoms with Crippen LogP contribution in [0, 0.1) is 5.92 Å². The van der Waals surface area contributed by atoms with E-state index in [1.165, 1.54) is 4.90 Å². The summed E-state index contributed by atoms with van der Waals surface area (Å²) in [7, 11) is 0. The molecule has 1 saturated heterocycles. The predicted octanol–water partition coefficient (Wildman–Crippen LogP) is 1.07. The minimum absolute atomic E-state index is 0.00571. The topological polar surface area (TPSA) is 63.1 Å². The van der Waals surface area contributed by atoms with E-state index in [0.29, 0.717) is 0 Å². The summed E-state index contributed by atoms with van der Waals surface area (Å²) in [6, 6.07) is 8.99. The Kier molecular flexibility index (Phi) is 7.91. The number of likely N-dealkylation sites (N-methyl/N-ethyl adjacent to an activating group) is 1. The Hall–Kier alpha value is -2.08. The highest BCUT2D eigenvalue weighted by atomic mass is 16.5. The number of carbonyl (C=O) groups excluding carboxylic acids is 2. The summed E-state index contributed by atoms with van der Waals surface area (Å²) < 4.78 is 5.30. The normalized spacial score (nSPS) is 17.4. The van der Waals surface area contributed by atoms with Gasteiger partial charge in [-0.1, -0.05) is 50.6 Å². The van der Waals surface area contributed by atoms with E-state index in [-0.39, 0.29) is 18.4 Å². The Morgan fingerprint density at radius 2 is 1.85 bits per heavy atom. The van der Waals surface area contributed by atoms with Crippen LogP contribution in [0.15, 0.2) is 30.3 Å². The molecule has 0 unspecified atom stereocenters. The maximum atomic E-state index is 12.9. The Morgan fingerprint density at radius 1 is 1.19 bits per heavy atom. The van der Waals surface area contributed by atoms with E-state index in [1.807, 2.05) is 49.1 Å². The predicted molar refractivity (Wildman–Crippen MR) is 101 cm³/mol. The van der Waals surface area contributed by atoms with E-state index in [4.69, 9.17) is 4.74 Å². The first-order chi connectivity index (χ1) is 12.5. The van der Waals surface area contributed by atoms with Crippen LogP contribution in [-0.2, 0) is 16.1 Å². The molecule has 0 bridgehead atoms. The third-order valence-corrected chi connectivity index (χ3v) is 5.25. The number of ether oxygens (including phenoxy) is 1. The Labute approximate surface area is 156 Å². The van der Waals surface area contributed by atoms with Crippen molar-refractivity contribution in [3.8, 4) is 0 Å². The third kappa shape index (κ3) is 5.73. The molecule has 0 saturated carbocycles. The highest BCUT2D eigenvalue weighted by Crippen LogP contribution is 2.12. The van der Waals surface area contributed by atoms with Gasteiger partial charge in [-0.2, -0.15) is 0 Å². The molecule has 1 aliphatic rings. The number of alkyl carbamates (subject to hydrolysis) is 1. The number of quaternary nitrogens is 1. The van der Waals surface area contributed by atoms with Gasteiger partial charge in [0.05, 0.1) is 32.7 Å². The van der Waals surface area contributed by atoms with Crippen molar-refractivity contribution in [2.24, 2.45) is 5.92 Å². The van der Waals surface area contributed by atoms with E-state index in [2.05, 4.69) is 12.2 Å². The van der Waals surface area contributed by atoms with Crippen molar-refractivity contribution >= 4 is 12.0 Å². The number of benzene rings is 1. The molecule has 144 valence electrons. The van der Waals surface area contributed by atoms with Crippen molar-refractivity contribution in [2.45, 2.75) is 39.8 Å². The highest BCUT2D eigenvalue weighted by molar-refractivity contribution is 5.86. The number of hydrogen-bond donors (Lipinski definition) is 2. The van der Waals surface area contributed by atoms with Gasteiger partial charge in [0.15, 0.2) is 0 Å². The number of piperazine rings is 1. The first kappa shape index (κ1) is 20.2. The van der Waals surface area contributed by atoms with Crippen LogP contribution < -0.4 is 10.2 Å². The van der Waals surface area contributed by atoms with Crippen LogP contribution in [0.5, 0.6) is 0 Å². The van der Waals surface area contributed by atoms with Crippen LogP contribution in [0.25, 0.3) is 0 Å². The number of nitrogens with one attached hydrogen (secondary N) is 2. The van der Waals surface area contributed by atoms with E-state index < -0.39 is 12.1 Å². The molecule has 1 aromatic carbocycles. The third-order valence-electron chi connectivity index (χ3n) is 5.25. The van der Waals surface area contributed by atoms with Crippen LogP contribution in [0.1, 0.15) is 32.8 Å². The fourth-order valence-electron chi connectivity index (χ4n) is 3.17. The van der Waals surface area contributed by atoms with Crippen LogP contribution in [-0.4, -0.2) is 55.7 Å². The second kappa shape index (κ2) is 10.2. The molecular weight excluding hydrogens is 330 g/mol. The summed E-state index contributed by atoms with van der Waals surface area (Å²) in [5, 5.41) is 2.80. The van der Waals surface area contributed by atoms with Gasteiger partial charge < -0.3 is 19.9 Å². The van der Waals surface area contributed by atoms with Gasteiger partial charge in [-0.15, -0.1) is 0 Å². The lowest BCUT2D eigenvalue weighted by atomic mass is 9.97. The molecule has 2 N–H and O–H groups in total. The summed E-state index contributed by atoms with van der Waals surface area (Å²) >= 11 is 0. The smallest absolute Gasteiger partial charge is 0.408 e. The highest BCUT2D eigenvalue weighted by Gasteiger charge is 2.32. The quantitative estimate of drug-likeness (QED) is 0.763. The largest absolute Gasteiger partial charge is 0.445 e. The molecule has 1 fully saturated rings. The van der Waals surface area contributed by atoms with Crippen molar-refractivity contribution in [1.82, 2.24) is 10.2 Å². The van der Waals surface area contributed by atoms with Gasteiger partial charge in [0, 0.05) is 0 Å². The van der Waals surface area contributed by atoms with Crippen molar-refractivity contribution in [1.29, 1.82) is 0 Å². The van der Waals surface area contributed by atoms with Crippen LogP contribution >= 0.6 is 0 Å². The van der Waals surface area contributed by atoms with Crippen LogP contribution in [0.2, 0.25) is 0 Å². The summed E-state index contributed by atoms with van der Waals surface area (Å²) in [5.41, 5.74) is 0.924. The molecule has 26 heavy (non-hydrogen) atoms. The summed E-state index contributed by atoms with van der Waals surface area (Å²) in [5.74, 6) is 0.0643. The maximum absolute atomic E-state index is 12.9. The van der Waals surface area contributed by atoms with E-state index in [0.717, 1.165) is 44.7 Å². The minimum Gasteiger partial charge on any atom is -0.445 e. The molecule has 0 aromatic heterocycles. The molecule has 1 aliphatic heterocycles. The molecule has 2 amide bonds. The van der Waals surface area contributed by atoms with Crippen molar-refractivity contribution in [2.75, 3.05) is 32.7 Å². The zero-order valence-corrected chi connectivity index (χ0v) is 16.2. The van der Waals surface area contributed by atoms with Gasteiger partial charge in [-0.25, -0.2) is 4.79 Å². The van der Waals surface area contributed by atoms with E-state index in [9.17, 15) is 9.59 Å². The van der Waals surface area contributed by atoms with Gasteiger partial charge in [0.1, 0.15) is 12.6 Å². The summed E-state index contributed by atoms with van der Waals surface area (Å²) in [6.45, 7) is 10.9. The lowest BCUT2D eigenvalue weighted by Gasteiger charge is -2.35. The van der Waals surface area contributed by atoms with Crippen LogP contribution in [0.3, 0.4) is 0 Å². The molecule has 2 atom stereocenters. The number of carbonyl (C=O) groups is 2. The SMILES string of the molecule is CC[C@H](C)[C@H](NC(=O)OCc1ccccc1)C(=O)N1CC[NH+](CC)CC1. The van der Waals surface area contributed by atoms with Gasteiger partial charge in [0.25, 0.3) is 0 Å². The molecule has 0 aliphatic carbocycles. The van der Waals surface area contributed by atoms with Crippen molar-refractivity contribution in [3.63, 3.8) is 0 Å². The number of hydrogen-bond acceptors (Lipinski definition) is 3. The van der Waals surface area contributed by atoms with Crippen LogP contribution in [0.4, 0.5) is 4.79 Å². The monoisotopic (exact) mass is 362 g/mol. The summed E-state index contributed by atoms with van der Waals surface area (Å²) in [4.78, 5) is 28.6. The summed E-state index contributed by atoms with van der Waals surface area (Å²) in [6.07, 6.45) is 0.278. The molecule has 6 nitrogen and oxygen atoms in total. The van der Waals surface area contributed by atoms with Gasteiger partial charge >= 0.3 is 6.09 Å². The molecule has 0 radical (unpaired) electrons. The standard InChI is InChI=1S/C20H31N3O3/c1-4-16(3)18(19(24)23-13-11-22(5-2)12-14-23)21-20(25)26-15-17-9-7-6-8-10-17/h6-10,16,18H,4-5,11-15H2,1-3H3,(H,21,25)/p+1/t16-,18-/m0/s1. The molecule has 1 heterocycles. The average Bonchev–Trinajstić information content (AvgIpc) is 2.70. The lowest BCUT2D eigenvalue weighted by molar-refractivity contribution is -0.902. The van der Waals surface area contributed by atoms with Gasteiger partial charge in [0.2, 0.25) is 5.91 Å². The Bertz CT molecular complexity index is 571. The molecular formula is C20H32N3O3+. The first-order valence-corrected chi connectivity index (χ1v) is 9.64. The van der Waals surface area contributed by atoms with Gasteiger partial charge in [-0.3, -0.25) is 4.79 Å². The first-order valence-electron chi connectivity index (χ1n) is 9.64. The number of nitrogens with zero attached hydrogens (tertiary/aromatic N) is 1. The Balaban J connectivity index is 1.91. The van der Waals surface area contributed by atoms with E-state index >= 15 is 0 Å². The average molecular weight is 362 g/mol. The second-order valence-electron chi connectivity index (χ2n) is 7.00. The number of amides is 2. The van der Waals surface area contributed by atoms with E-state index in [1.54, 1.807) is 0 Å². The lowest BCUT2D eigenvalue weighted by Crippen LogP contribution is -3.14. The molecule has 0 spiro atoms. The minimum atomic E-state index is -0.537. The van der Waals surface area contributed by atoms with Crippen molar-refractivity contribution < 1.29 is 19.2 Å². The van der Waals surface area contributed by atoms with Gasteiger partial charge in [-0.05, 0) is 18.4 Å². The zero-order chi connectivity index (χ0) is 18.9. The Morgan fingerprint density at radius 3 is 2.42 bits per heavy atom. The zero-order valence-electron chi connectivity index (χ0n) is 16.2. The van der Waals surface area contributed by atoms with Crippen molar-refractivity contribution in [3.05, 3.63) is 35.9 Å². The fraction of sp³-hybridized carbons (Fsp3) is 0.600. The fourth-order valence-corrected chi connectivity index (χ4v) is 3.17. The second-order valence-corrected chi connectivity index (χ2v) is 7.00.